The van der Waals surface area contributed by atoms with Crippen LogP contribution >= 0.6 is 0 Å². The molecule has 0 spiro atoms. The van der Waals surface area contributed by atoms with Gasteiger partial charge in [-0.25, -0.2) is 4.98 Å². The third-order valence-electron chi connectivity index (χ3n) is 4.74. The molecule has 4 rings (SSSR count). The molecule has 26 heavy (non-hydrogen) atoms. The van der Waals surface area contributed by atoms with E-state index in [1.54, 1.807) is 0 Å². The highest BCUT2D eigenvalue weighted by atomic mass is 16.5. The Balaban J connectivity index is 1.72. The maximum atomic E-state index is 13.1. The second kappa shape index (κ2) is 6.44. The number of aryl methyl sites for hydroxylation is 1. The number of hydrogen-bond acceptors (Lipinski definition) is 5. The predicted molar refractivity (Wildman–Crippen MR) is 97.4 cm³/mol. The molecule has 1 aliphatic rings. The van der Waals surface area contributed by atoms with Gasteiger partial charge in [0.2, 0.25) is 0 Å². The minimum atomic E-state index is -0.146. The van der Waals surface area contributed by atoms with Crippen LogP contribution in [0.3, 0.4) is 0 Å². The average Bonchev–Trinajstić information content (AvgIpc) is 3.02. The number of hydrogen-bond donors (Lipinski definition) is 1. The molecule has 1 unspecified atom stereocenters. The summed E-state index contributed by atoms with van der Waals surface area (Å²) >= 11 is 0. The van der Waals surface area contributed by atoms with Crippen molar-refractivity contribution in [2.75, 3.05) is 6.61 Å². The summed E-state index contributed by atoms with van der Waals surface area (Å²) in [6.45, 7) is 6.47. The highest BCUT2D eigenvalue weighted by Gasteiger charge is 2.25. The number of carbonyl (C=O) groups excluding carboxylic acids is 1. The van der Waals surface area contributed by atoms with Crippen LogP contribution in [0.4, 0.5) is 0 Å². The number of ether oxygens (including phenoxy) is 1. The summed E-state index contributed by atoms with van der Waals surface area (Å²) < 4.78 is 11.0. The third kappa shape index (κ3) is 2.81. The Labute approximate surface area is 151 Å². The zero-order chi connectivity index (χ0) is 18.3. The molecule has 6 nitrogen and oxygen atoms in total. The highest BCUT2D eigenvalue weighted by Crippen LogP contribution is 2.32. The first kappa shape index (κ1) is 16.6. The Morgan fingerprint density at radius 1 is 1.31 bits per heavy atom. The van der Waals surface area contributed by atoms with Crippen LogP contribution in [0.1, 0.15) is 59.5 Å². The fourth-order valence-electron chi connectivity index (χ4n) is 3.32. The Morgan fingerprint density at radius 2 is 2.12 bits per heavy atom. The molecule has 6 heteroatoms. The summed E-state index contributed by atoms with van der Waals surface area (Å²) in [5.41, 5.74) is 3.45. The molecule has 1 aromatic carbocycles. The van der Waals surface area contributed by atoms with Crippen molar-refractivity contribution in [1.82, 2.24) is 15.5 Å². The molecule has 1 aliphatic heterocycles. The van der Waals surface area contributed by atoms with Crippen LogP contribution in [0, 0.1) is 6.92 Å². The molecule has 134 valence electrons. The first-order valence-corrected chi connectivity index (χ1v) is 8.84. The van der Waals surface area contributed by atoms with Gasteiger partial charge >= 0.3 is 0 Å². The number of carbonyl (C=O) groups is 1. The number of aromatic nitrogens is 2. The van der Waals surface area contributed by atoms with E-state index in [1.807, 2.05) is 51.1 Å². The van der Waals surface area contributed by atoms with Crippen molar-refractivity contribution in [2.24, 2.45) is 0 Å². The third-order valence-corrected chi connectivity index (χ3v) is 4.74. The van der Waals surface area contributed by atoms with E-state index in [0.717, 1.165) is 23.4 Å². The number of para-hydroxylation sites is 1. The van der Waals surface area contributed by atoms with Crippen molar-refractivity contribution in [3.63, 3.8) is 0 Å². The minimum absolute atomic E-state index is 0.0849. The number of amides is 1. The van der Waals surface area contributed by atoms with Gasteiger partial charge in [0.1, 0.15) is 5.75 Å². The van der Waals surface area contributed by atoms with Crippen LogP contribution in [0.15, 0.2) is 34.9 Å². The molecule has 3 aromatic rings. The monoisotopic (exact) mass is 351 g/mol. The number of benzene rings is 1. The number of nitrogens with one attached hydrogen (secondary N) is 1. The van der Waals surface area contributed by atoms with Crippen molar-refractivity contribution in [2.45, 2.75) is 39.2 Å². The van der Waals surface area contributed by atoms with E-state index in [-0.39, 0.29) is 17.9 Å². The predicted octanol–water partition coefficient (Wildman–Crippen LogP) is 3.91. The molecule has 0 saturated heterocycles. The van der Waals surface area contributed by atoms with E-state index in [1.165, 1.54) is 0 Å². The maximum absolute atomic E-state index is 13.1. The topological polar surface area (TPSA) is 77.2 Å². The SMILES string of the molecule is Cc1noc2nc(C(C)C)cc(C(=O)NC3CCOc4ccccc43)c12. The smallest absolute Gasteiger partial charge is 0.259 e. The molecule has 2 aromatic heterocycles. The Morgan fingerprint density at radius 3 is 2.92 bits per heavy atom. The van der Waals surface area contributed by atoms with Crippen molar-refractivity contribution in [1.29, 1.82) is 0 Å². The van der Waals surface area contributed by atoms with E-state index in [0.29, 0.717) is 29.0 Å². The fourth-order valence-corrected chi connectivity index (χ4v) is 3.32. The molecule has 0 aliphatic carbocycles. The molecule has 0 radical (unpaired) electrons. The molecule has 0 fully saturated rings. The van der Waals surface area contributed by atoms with Gasteiger partial charge in [-0.05, 0) is 25.0 Å². The lowest BCUT2D eigenvalue weighted by Crippen LogP contribution is -2.32. The lowest BCUT2D eigenvalue weighted by Gasteiger charge is -2.26. The summed E-state index contributed by atoms with van der Waals surface area (Å²) in [5.74, 6) is 0.861. The zero-order valence-corrected chi connectivity index (χ0v) is 15.1. The largest absolute Gasteiger partial charge is 0.493 e. The first-order chi connectivity index (χ1) is 12.5. The summed E-state index contributed by atoms with van der Waals surface area (Å²) in [6, 6.07) is 9.57. The van der Waals surface area contributed by atoms with Crippen LogP contribution in [0.5, 0.6) is 5.75 Å². The molecule has 1 N–H and O–H groups in total. The molecule has 0 saturated carbocycles. The standard InChI is InChI=1S/C20H21N3O3/c1-11(2)16-10-14(18-12(3)23-26-20(18)22-16)19(24)21-15-8-9-25-17-7-5-4-6-13(15)17/h4-7,10-11,15H,8-9H2,1-3H3,(H,21,24). The molecule has 0 bridgehead atoms. The Hall–Kier alpha value is -2.89. The van der Waals surface area contributed by atoms with Crippen LogP contribution in [0.2, 0.25) is 0 Å². The molecular formula is C20H21N3O3. The minimum Gasteiger partial charge on any atom is -0.493 e. The zero-order valence-electron chi connectivity index (χ0n) is 15.1. The molecule has 3 heterocycles. The van der Waals surface area contributed by atoms with Crippen LogP contribution < -0.4 is 10.1 Å². The van der Waals surface area contributed by atoms with Gasteiger partial charge in [0.15, 0.2) is 0 Å². The van der Waals surface area contributed by atoms with E-state index >= 15 is 0 Å². The van der Waals surface area contributed by atoms with Gasteiger partial charge < -0.3 is 14.6 Å². The quantitative estimate of drug-likeness (QED) is 0.774. The van der Waals surface area contributed by atoms with Gasteiger partial charge in [0.25, 0.3) is 11.6 Å². The van der Waals surface area contributed by atoms with Crippen molar-refractivity contribution in [3.8, 4) is 5.75 Å². The second-order valence-corrected chi connectivity index (χ2v) is 6.90. The lowest BCUT2D eigenvalue weighted by molar-refractivity contribution is 0.0926. The summed E-state index contributed by atoms with van der Waals surface area (Å²) in [5, 5.41) is 7.81. The summed E-state index contributed by atoms with van der Waals surface area (Å²) in [4.78, 5) is 17.6. The maximum Gasteiger partial charge on any atom is 0.259 e. The second-order valence-electron chi connectivity index (χ2n) is 6.90. The van der Waals surface area contributed by atoms with Gasteiger partial charge in [-0.1, -0.05) is 37.2 Å². The van der Waals surface area contributed by atoms with Gasteiger partial charge in [0.05, 0.1) is 29.3 Å². The van der Waals surface area contributed by atoms with Gasteiger partial charge in [0, 0.05) is 17.7 Å². The summed E-state index contributed by atoms with van der Waals surface area (Å²) in [6.07, 6.45) is 0.733. The van der Waals surface area contributed by atoms with E-state index < -0.39 is 0 Å². The number of fused-ring (bicyclic) bond motifs is 2. The Bertz CT molecular complexity index is 978. The molecule has 1 atom stereocenters. The summed E-state index contributed by atoms with van der Waals surface area (Å²) in [7, 11) is 0. The van der Waals surface area contributed by atoms with Crippen LogP contribution in [-0.2, 0) is 0 Å². The highest BCUT2D eigenvalue weighted by molar-refractivity contribution is 6.06. The van der Waals surface area contributed by atoms with Crippen molar-refractivity contribution >= 4 is 17.0 Å². The lowest BCUT2D eigenvalue weighted by atomic mass is 9.99. The molecule has 1 amide bonds. The van der Waals surface area contributed by atoms with Crippen molar-refractivity contribution in [3.05, 3.63) is 52.8 Å². The average molecular weight is 351 g/mol. The van der Waals surface area contributed by atoms with Gasteiger partial charge in [-0.3, -0.25) is 4.79 Å². The normalized spacial score (nSPS) is 16.4. The van der Waals surface area contributed by atoms with Crippen LogP contribution in [-0.4, -0.2) is 22.7 Å². The Kier molecular flexibility index (Phi) is 4.11. The number of nitrogens with zero attached hydrogens (tertiary/aromatic N) is 2. The fraction of sp³-hybridized carbons (Fsp3) is 0.350. The van der Waals surface area contributed by atoms with E-state index in [9.17, 15) is 4.79 Å². The van der Waals surface area contributed by atoms with Crippen molar-refractivity contribution < 1.29 is 14.1 Å². The van der Waals surface area contributed by atoms with Gasteiger partial charge in [-0.2, -0.15) is 0 Å². The van der Waals surface area contributed by atoms with Crippen LogP contribution in [0.25, 0.3) is 11.1 Å². The number of rotatable bonds is 3. The van der Waals surface area contributed by atoms with E-state index in [4.69, 9.17) is 9.26 Å². The van der Waals surface area contributed by atoms with Gasteiger partial charge in [-0.15, -0.1) is 0 Å². The molecular weight excluding hydrogens is 330 g/mol. The first-order valence-electron chi connectivity index (χ1n) is 8.84. The number of pyridine rings is 1. The van der Waals surface area contributed by atoms with E-state index in [2.05, 4.69) is 15.5 Å².